The van der Waals surface area contributed by atoms with Crippen LogP contribution < -0.4 is 0 Å². The zero-order valence-corrected chi connectivity index (χ0v) is 5.61. The molecule has 48 valence electrons. The first-order valence-electron chi connectivity index (χ1n) is 2.82. The van der Waals surface area contributed by atoms with E-state index in [0.29, 0.717) is 13.2 Å². The Labute approximate surface area is 56.4 Å². The molecule has 0 aromatic heterocycles. The monoisotopic (exact) mass is 122 g/mol. The van der Waals surface area contributed by atoms with Gasteiger partial charge in [-0.1, -0.05) is 5.92 Å². The zero-order chi connectivity index (χ0) is 6.95. The van der Waals surface area contributed by atoms with Crippen molar-refractivity contribution >= 4 is 0 Å². The van der Waals surface area contributed by atoms with Crippen LogP contribution in [0.2, 0.25) is 0 Å². The zero-order valence-electron chi connectivity index (χ0n) is 5.61. The fourth-order valence-electron chi connectivity index (χ4n) is 0.379. The fraction of sp³-hybridized carbons (Fsp3) is 0.500. The van der Waals surface area contributed by atoms with E-state index in [0.717, 1.165) is 6.42 Å². The number of ether oxygens (including phenoxy) is 1. The molecule has 0 unspecified atom stereocenters. The molecule has 0 aliphatic heterocycles. The predicted octanol–water partition coefficient (Wildman–Crippen LogP) is 1.05. The first-order valence-corrected chi connectivity index (χ1v) is 2.82. The Morgan fingerprint density at radius 1 is 1.56 bits per heavy atom. The average molecular weight is 122 g/mol. The van der Waals surface area contributed by atoms with Crippen molar-refractivity contribution in [2.75, 3.05) is 13.2 Å². The van der Waals surface area contributed by atoms with Crippen LogP contribution in [0.3, 0.4) is 0 Å². The van der Waals surface area contributed by atoms with Gasteiger partial charge in [0.15, 0.2) is 0 Å². The Kier molecular flexibility index (Phi) is 6.36. The van der Waals surface area contributed by atoms with Crippen molar-refractivity contribution in [1.29, 1.82) is 0 Å². The van der Waals surface area contributed by atoms with Crippen molar-refractivity contribution < 1.29 is 4.74 Å². The van der Waals surface area contributed by atoms with Crippen LogP contribution in [0.25, 0.3) is 0 Å². The van der Waals surface area contributed by atoms with Crippen molar-refractivity contribution in [3.05, 3.63) is 0 Å². The van der Waals surface area contributed by atoms with Gasteiger partial charge in [0.1, 0.15) is 6.61 Å². The summed E-state index contributed by atoms with van der Waals surface area (Å²) < 4.78 is 4.95. The maximum absolute atomic E-state index is 4.95. The van der Waals surface area contributed by atoms with Crippen LogP contribution in [0.15, 0.2) is 0 Å². The molecule has 0 fully saturated rings. The minimum absolute atomic E-state index is 0.394. The van der Waals surface area contributed by atoms with E-state index in [2.05, 4.69) is 17.8 Å². The lowest BCUT2D eigenvalue weighted by Gasteiger charge is -1.91. The number of hydrogen-bond acceptors (Lipinski definition) is 1. The smallest absolute Gasteiger partial charge is 0.107 e. The summed E-state index contributed by atoms with van der Waals surface area (Å²) in [6, 6.07) is 0. The third-order valence-electron chi connectivity index (χ3n) is 0.734. The van der Waals surface area contributed by atoms with Gasteiger partial charge in [-0.3, -0.25) is 0 Å². The molecule has 0 spiro atoms. The third-order valence-corrected chi connectivity index (χ3v) is 0.734. The van der Waals surface area contributed by atoms with Gasteiger partial charge in [0.2, 0.25) is 0 Å². The lowest BCUT2D eigenvalue weighted by Crippen LogP contribution is -1.92. The molecule has 0 heterocycles. The summed E-state index contributed by atoms with van der Waals surface area (Å²) in [4.78, 5) is 0. The van der Waals surface area contributed by atoms with E-state index < -0.39 is 0 Å². The normalized spacial score (nSPS) is 7.11. The predicted molar refractivity (Wildman–Crippen MR) is 37.7 cm³/mol. The Balaban J connectivity index is 2.91. The van der Waals surface area contributed by atoms with E-state index in [1.54, 1.807) is 6.92 Å². The summed E-state index contributed by atoms with van der Waals surface area (Å²) in [5, 5.41) is 0. The Morgan fingerprint density at radius 2 is 2.33 bits per heavy atom. The Hall–Kier alpha value is -0.920. The van der Waals surface area contributed by atoms with Gasteiger partial charge in [0.25, 0.3) is 0 Å². The second-order valence-electron chi connectivity index (χ2n) is 1.43. The van der Waals surface area contributed by atoms with Crippen molar-refractivity contribution in [2.45, 2.75) is 13.3 Å². The molecule has 0 saturated heterocycles. The standard InChI is InChI=1S/C8H10O/c1-3-5-6-8-9-7-4-2/h2H,6-8H2,1H3. The molecule has 0 bridgehead atoms. The summed E-state index contributed by atoms with van der Waals surface area (Å²) in [6.45, 7) is 2.84. The molecule has 1 heteroatoms. The molecule has 0 radical (unpaired) electrons. The van der Waals surface area contributed by atoms with E-state index in [4.69, 9.17) is 11.2 Å². The van der Waals surface area contributed by atoms with E-state index in [1.807, 2.05) is 0 Å². The van der Waals surface area contributed by atoms with E-state index in [9.17, 15) is 0 Å². The minimum atomic E-state index is 0.394. The van der Waals surface area contributed by atoms with E-state index in [-0.39, 0.29) is 0 Å². The average Bonchev–Trinajstić information content (AvgIpc) is 1.89. The first kappa shape index (κ1) is 8.08. The Bertz CT molecular complexity index is 142. The van der Waals surface area contributed by atoms with E-state index in [1.165, 1.54) is 0 Å². The summed E-state index contributed by atoms with van der Waals surface area (Å²) in [6.07, 6.45) is 5.71. The topological polar surface area (TPSA) is 9.23 Å². The number of rotatable bonds is 3. The molecule has 1 nitrogen and oxygen atoms in total. The summed E-state index contributed by atoms with van der Waals surface area (Å²) >= 11 is 0. The van der Waals surface area contributed by atoms with Gasteiger partial charge in [-0.25, -0.2) is 0 Å². The summed E-state index contributed by atoms with van der Waals surface area (Å²) in [7, 11) is 0. The molecular formula is C8H10O. The van der Waals surface area contributed by atoms with Crippen LogP contribution >= 0.6 is 0 Å². The third kappa shape index (κ3) is 7.08. The molecule has 0 N–H and O–H groups in total. The highest BCUT2D eigenvalue weighted by atomic mass is 16.5. The number of terminal acetylenes is 1. The molecule has 0 atom stereocenters. The van der Waals surface area contributed by atoms with Crippen molar-refractivity contribution in [3.8, 4) is 24.2 Å². The maximum atomic E-state index is 4.95. The second kappa shape index (κ2) is 7.08. The van der Waals surface area contributed by atoms with Gasteiger partial charge >= 0.3 is 0 Å². The van der Waals surface area contributed by atoms with Gasteiger partial charge in [-0.05, 0) is 6.92 Å². The Morgan fingerprint density at radius 3 is 2.89 bits per heavy atom. The molecule has 0 amide bonds. The largest absolute Gasteiger partial charge is 0.368 e. The van der Waals surface area contributed by atoms with Crippen LogP contribution in [0.1, 0.15) is 13.3 Å². The highest BCUT2D eigenvalue weighted by molar-refractivity contribution is 4.94. The summed E-state index contributed by atoms with van der Waals surface area (Å²) in [5.74, 6) is 8.00. The molecule has 0 aliphatic rings. The van der Waals surface area contributed by atoms with Crippen LogP contribution in [0, 0.1) is 24.2 Å². The van der Waals surface area contributed by atoms with Crippen molar-refractivity contribution in [2.24, 2.45) is 0 Å². The molecule has 0 saturated carbocycles. The van der Waals surface area contributed by atoms with Crippen LogP contribution in [-0.2, 0) is 4.74 Å². The van der Waals surface area contributed by atoms with Crippen LogP contribution in [0.5, 0.6) is 0 Å². The van der Waals surface area contributed by atoms with Gasteiger partial charge in [0.05, 0.1) is 6.61 Å². The lowest BCUT2D eigenvalue weighted by molar-refractivity contribution is 0.174. The molecule has 0 rings (SSSR count). The van der Waals surface area contributed by atoms with Crippen molar-refractivity contribution in [1.82, 2.24) is 0 Å². The fourth-order valence-corrected chi connectivity index (χ4v) is 0.379. The van der Waals surface area contributed by atoms with Gasteiger partial charge in [-0.15, -0.1) is 18.3 Å². The second-order valence-corrected chi connectivity index (χ2v) is 1.43. The van der Waals surface area contributed by atoms with Crippen LogP contribution in [0.4, 0.5) is 0 Å². The molecular weight excluding hydrogens is 112 g/mol. The molecule has 0 aromatic rings. The minimum Gasteiger partial charge on any atom is -0.368 e. The summed E-state index contributed by atoms with van der Waals surface area (Å²) in [5.41, 5.74) is 0. The highest BCUT2D eigenvalue weighted by Crippen LogP contribution is 1.77. The first-order chi connectivity index (χ1) is 4.41. The van der Waals surface area contributed by atoms with Gasteiger partial charge in [0, 0.05) is 6.42 Å². The van der Waals surface area contributed by atoms with Gasteiger partial charge in [-0.2, -0.15) is 0 Å². The number of hydrogen-bond donors (Lipinski definition) is 0. The SMILES string of the molecule is C#CCOCCC#CC. The highest BCUT2D eigenvalue weighted by Gasteiger charge is 1.78. The van der Waals surface area contributed by atoms with Gasteiger partial charge < -0.3 is 4.74 Å². The van der Waals surface area contributed by atoms with Crippen molar-refractivity contribution in [3.63, 3.8) is 0 Å². The molecule has 0 aliphatic carbocycles. The quantitative estimate of drug-likeness (QED) is 0.401. The molecule has 9 heavy (non-hydrogen) atoms. The van der Waals surface area contributed by atoms with Crippen LogP contribution in [-0.4, -0.2) is 13.2 Å². The molecule has 0 aromatic carbocycles. The maximum Gasteiger partial charge on any atom is 0.107 e. The lowest BCUT2D eigenvalue weighted by atomic mass is 10.4. The van der Waals surface area contributed by atoms with E-state index >= 15 is 0 Å².